The van der Waals surface area contributed by atoms with Crippen molar-refractivity contribution in [3.63, 3.8) is 0 Å². The number of hydrogen-bond donors (Lipinski definition) is 1. The second-order valence-corrected chi connectivity index (χ2v) is 5.40. The van der Waals surface area contributed by atoms with Crippen LogP contribution in [0.1, 0.15) is 17.4 Å². The Balaban J connectivity index is 0.00000192. The highest BCUT2D eigenvalue weighted by Crippen LogP contribution is 2.15. The first kappa shape index (κ1) is 17.3. The summed E-state index contributed by atoms with van der Waals surface area (Å²) in [6.45, 7) is 4.42. The van der Waals surface area contributed by atoms with Crippen LogP contribution in [0.4, 0.5) is 0 Å². The number of carbonyl (C=O) groups excluding carboxylic acids is 1. The van der Waals surface area contributed by atoms with E-state index in [-0.39, 0.29) is 24.4 Å². The van der Waals surface area contributed by atoms with E-state index < -0.39 is 0 Å². The van der Waals surface area contributed by atoms with E-state index in [9.17, 15) is 4.79 Å². The molecule has 1 aliphatic rings. The van der Waals surface area contributed by atoms with Crippen LogP contribution in [0.15, 0.2) is 36.5 Å². The zero-order valence-electron chi connectivity index (χ0n) is 13.2. The van der Waals surface area contributed by atoms with Gasteiger partial charge in [0.2, 0.25) is 0 Å². The minimum atomic E-state index is -0.0127. The van der Waals surface area contributed by atoms with Crippen LogP contribution in [-0.2, 0) is 0 Å². The molecule has 124 valence electrons. The maximum atomic E-state index is 12.6. The third-order valence-corrected chi connectivity index (χ3v) is 3.91. The van der Waals surface area contributed by atoms with Gasteiger partial charge in [-0.15, -0.1) is 12.4 Å². The molecule has 1 aromatic carbocycles. The van der Waals surface area contributed by atoms with Crippen LogP contribution in [0.3, 0.4) is 0 Å². The minimum Gasteiger partial charge on any atom is -0.497 e. The van der Waals surface area contributed by atoms with Gasteiger partial charge in [-0.3, -0.25) is 4.79 Å². The molecule has 0 aliphatic carbocycles. The van der Waals surface area contributed by atoms with Gasteiger partial charge in [-0.1, -0.05) is 0 Å². The van der Waals surface area contributed by atoms with Gasteiger partial charge >= 0.3 is 0 Å². The van der Waals surface area contributed by atoms with Gasteiger partial charge in [-0.2, -0.15) is 5.10 Å². The van der Waals surface area contributed by atoms with Crippen molar-refractivity contribution in [3.8, 4) is 11.4 Å². The quantitative estimate of drug-likeness (QED) is 0.927. The van der Waals surface area contributed by atoms with Gasteiger partial charge in [0.1, 0.15) is 5.75 Å². The summed E-state index contributed by atoms with van der Waals surface area (Å²) in [5, 5.41) is 7.69. The van der Waals surface area contributed by atoms with Gasteiger partial charge in [0, 0.05) is 31.9 Å². The van der Waals surface area contributed by atoms with E-state index in [0.717, 1.165) is 31.1 Å². The first-order chi connectivity index (χ1) is 10.7. The highest BCUT2D eigenvalue weighted by molar-refractivity contribution is 5.92. The maximum Gasteiger partial charge on any atom is 0.274 e. The molecule has 1 aromatic heterocycles. The van der Waals surface area contributed by atoms with Gasteiger partial charge in [0.25, 0.3) is 5.91 Å². The molecule has 1 fully saturated rings. The van der Waals surface area contributed by atoms with Gasteiger partial charge < -0.3 is 15.0 Å². The van der Waals surface area contributed by atoms with Crippen LogP contribution < -0.4 is 10.1 Å². The number of amides is 1. The SMILES string of the molecule is COc1ccc(-n2ccc(C(=O)N3CCNCC3C)n2)cc1.Cl. The van der Waals surface area contributed by atoms with Crippen molar-refractivity contribution < 1.29 is 9.53 Å². The molecule has 3 rings (SSSR count). The Hall–Kier alpha value is -2.05. The topological polar surface area (TPSA) is 59.4 Å². The number of hydrogen-bond acceptors (Lipinski definition) is 4. The molecule has 1 saturated heterocycles. The van der Waals surface area contributed by atoms with Crippen LogP contribution in [-0.4, -0.2) is 53.4 Å². The molecule has 0 bridgehead atoms. The molecule has 1 aliphatic heterocycles. The van der Waals surface area contributed by atoms with Crippen LogP contribution in [0.5, 0.6) is 5.75 Å². The molecule has 0 saturated carbocycles. The molecule has 1 amide bonds. The molecule has 1 atom stereocenters. The van der Waals surface area contributed by atoms with Crippen molar-refractivity contribution in [2.75, 3.05) is 26.7 Å². The monoisotopic (exact) mass is 336 g/mol. The lowest BCUT2D eigenvalue weighted by Gasteiger charge is -2.33. The fraction of sp³-hybridized carbons (Fsp3) is 0.375. The van der Waals surface area contributed by atoms with E-state index >= 15 is 0 Å². The average Bonchev–Trinajstić information content (AvgIpc) is 3.05. The number of rotatable bonds is 3. The summed E-state index contributed by atoms with van der Waals surface area (Å²) in [5.41, 5.74) is 1.37. The summed E-state index contributed by atoms with van der Waals surface area (Å²) < 4.78 is 6.85. The summed E-state index contributed by atoms with van der Waals surface area (Å²) in [6, 6.07) is 9.52. The van der Waals surface area contributed by atoms with Gasteiger partial charge in [0.15, 0.2) is 5.69 Å². The van der Waals surface area contributed by atoms with Crippen molar-refractivity contribution in [2.45, 2.75) is 13.0 Å². The minimum absolute atomic E-state index is 0. The average molecular weight is 337 g/mol. The number of halogens is 1. The number of methoxy groups -OCH3 is 1. The Morgan fingerprint density at radius 3 is 2.70 bits per heavy atom. The molecule has 1 N–H and O–H groups in total. The number of benzene rings is 1. The second-order valence-electron chi connectivity index (χ2n) is 5.40. The number of piperazine rings is 1. The lowest BCUT2D eigenvalue weighted by atomic mass is 10.2. The van der Waals surface area contributed by atoms with E-state index in [1.165, 1.54) is 0 Å². The molecule has 0 spiro atoms. The molecule has 23 heavy (non-hydrogen) atoms. The molecule has 7 heteroatoms. The van der Waals surface area contributed by atoms with E-state index in [4.69, 9.17) is 4.74 Å². The van der Waals surface area contributed by atoms with E-state index in [2.05, 4.69) is 10.4 Å². The Kier molecular flexibility index (Phi) is 5.63. The van der Waals surface area contributed by atoms with Crippen LogP contribution in [0.2, 0.25) is 0 Å². The molecule has 6 nitrogen and oxygen atoms in total. The number of nitrogens with one attached hydrogen (secondary N) is 1. The van der Waals surface area contributed by atoms with Gasteiger partial charge in [-0.25, -0.2) is 4.68 Å². The maximum absolute atomic E-state index is 12.6. The van der Waals surface area contributed by atoms with Crippen LogP contribution >= 0.6 is 12.4 Å². The largest absolute Gasteiger partial charge is 0.497 e. The number of nitrogens with zero attached hydrogens (tertiary/aromatic N) is 3. The Bertz CT molecular complexity index is 656. The lowest BCUT2D eigenvalue weighted by molar-refractivity contribution is 0.0649. The van der Waals surface area contributed by atoms with Gasteiger partial charge in [0.05, 0.1) is 12.8 Å². The van der Waals surface area contributed by atoms with Gasteiger partial charge in [-0.05, 0) is 37.3 Å². The lowest BCUT2D eigenvalue weighted by Crippen LogP contribution is -2.52. The molecular formula is C16H21ClN4O2. The number of ether oxygens (including phenoxy) is 1. The predicted octanol–water partition coefficient (Wildman–Crippen LogP) is 1.74. The molecule has 2 aromatic rings. The zero-order chi connectivity index (χ0) is 15.5. The highest BCUT2D eigenvalue weighted by Gasteiger charge is 2.25. The summed E-state index contributed by atoms with van der Waals surface area (Å²) in [5.74, 6) is 0.781. The summed E-state index contributed by atoms with van der Waals surface area (Å²) >= 11 is 0. The van der Waals surface area contributed by atoms with E-state index in [0.29, 0.717) is 5.69 Å². The standard InChI is InChI=1S/C16H20N4O2.ClH/c1-12-11-17-8-10-19(12)16(21)15-7-9-20(18-15)13-3-5-14(22-2)6-4-13;/h3-7,9,12,17H,8,10-11H2,1-2H3;1H. The first-order valence-electron chi connectivity index (χ1n) is 7.41. The molecule has 2 heterocycles. The highest BCUT2D eigenvalue weighted by atomic mass is 35.5. The van der Waals surface area contributed by atoms with Crippen molar-refractivity contribution in [2.24, 2.45) is 0 Å². The van der Waals surface area contributed by atoms with Crippen molar-refractivity contribution in [1.82, 2.24) is 20.0 Å². The second kappa shape index (κ2) is 7.48. The summed E-state index contributed by atoms with van der Waals surface area (Å²) in [7, 11) is 1.63. The smallest absolute Gasteiger partial charge is 0.274 e. The summed E-state index contributed by atoms with van der Waals surface area (Å²) in [6.07, 6.45) is 1.81. The van der Waals surface area contributed by atoms with Crippen molar-refractivity contribution in [1.29, 1.82) is 0 Å². The molecule has 0 radical (unpaired) electrons. The molecule has 1 unspecified atom stereocenters. The van der Waals surface area contributed by atoms with E-state index in [1.807, 2.05) is 42.3 Å². The van der Waals surface area contributed by atoms with Crippen LogP contribution in [0, 0.1) is 0 Å². The Labute approximate surface area is 141 Å². The van der Waals surface area contributed by atoms with E-state index in [1.54, 1.807) is 17.9 Å². The fourth-order valence-electron chi connectivity index (χ4n) is 2.61. The number of carbonyl (C=O) groups is 1. The van der Waals surface area contributed by atoms with Crippen LogP contribution in [0.25, 0.3) is 5.69 Å². The third-order valence-electron chi connectivity index (χ3n) is 3.91. The Morgan fingerprint density at radius 2 is 2.04 bits per heavy atom. The first-order valence-corrected chi connectivity index (χ1v) is 7.41. The fourth-order valence-corrected chi connectivity index (χ4v) is 2.61. The third kappa shape index (κ3) is 3.65. The molecular weight excluding hydrogens is 316 g/mol. The Morgan fingerprint density at radius 1 is 1.30 bits per heavy atom. The predicted molar refractivity (Wildman–Crippen MR) is 90.7 cm³/mol. The normalized spacial score (nSPS) is 17.5. The zero-order valence-corrected chi connectivity index (χ0v) is 14.0. The number of aromatic nitrogens is 2. The van der Waals surface area contributed by atoms with Crippen molar-refractivity contribution in [3.05, 3.63) is 42.2 Å². The summed E-state index contributed by atoms with van der Waals surface area (Å²) in [4.78, 5) is 14.4. The van der Waals surface area contributed by atoms with Crippen molar-refractivity contribution >= 4 is 18.3 Å².